The Balaban J connectivity index is 2.05. The average Bonchev–Trinajstić information content (AvgIpc) is 3.09. The van der Waals surface area contributed by atoms with Gasteiger partial charge in [-0.1, -0.05) is 24.6 Å². The van der Waals surface area contributed by atoms with Crippen molar-refractivity contribution in [3.05, 3.63) is 57.9 Å². The van der Waals surface area contributed by atoms with E-state index >= 15 is 0 Å². The maximum atomic E-state index is 14.8. The number of nitrogens with one attached hydrogen (secondary N) is 3. The van der Waals surface area contributed by atoms with E-state index in [0.717, 1.165) is 17.2 Å². The van der Waals surface area contributed by atoms with Crippen LogP contribution < -0.4 is 15.7 Å². The first kappa shape index (κ1) is 22.3. The molecule has 2 atom stereocenters. The molecule has 4 N–H and O–H groups in total. The molecule has 0 radical (unpaired) electrons. The molecule has 0 saturated heterocycles. The fourth-order valence-electron chi connectivity index (χ4n) is 3.36. The number of hydrazone groups is 1. The van der Waals surface area contributed by atoms with Gasteiger partial charge >= 0.3 is 0 Å². The Morgan fingerprint density at radius 2 is 1.97 bits per heavy atom. The van der Waals surface area contributed by atoms with Crippen molar-refractivity contribution >= 4 is 27.5 Å². The molecule has 162 valence electrons. The minimum Gasteiger partial charge on any atom is -0.506 e. The maximum absolute atomic E-state index is 14.8. The normalized spacial score (nSPS) is 16.5. The van der Waals surface area contributed by atoms with Crippen molar-refractivity contribution in [3.63, 3.8) is 0 Å². The number of amidine groups is 1. The van der Waals surface area contributed by atoms with E-state index in [4.69, 9.17) is 11.6 Å². The molecule has 0 saturated carbocycles. The number of hydrogen-bond acceptors (Lipinski definition) is 7. The number of sulfonamides is 1. The molecule has 8 nitrogen and oxygen atoms in total. The number of hydrazine groups is 2. The van der Waals surface area contributed by atoms with Gasteiger partial charge in [-0.25, -0.2) is 18.3 Å². The Labute approximate surface area is 179 Å². The largest absolute Gasteiger partial charge is 0.506 e. The zero-order valence-corrected chi connectivity index (χ0v) is 18.4. The van der Waals surface area contributed by atoms with Crippen molar-refractivity contribution in [1.29, 1.82) is 0 Å². The smallest absolute Gasteiger partial charge is 0.244 e. The molecule has 0 aromatic heterocycles. The van der Waals surface area contributed by atoms with Crippen molar-refractivity contribution in [2.45, 2.75) is 37.6 Å². The van der Waals surface area contributed by atoms with E-state index in [1.807, 2.05) is 6.92 Å². The molecule has 2 aromatic carbocycles. The summed E-state index contributed by atoms with van der Waals surface area (Å²) in [6.45, 7) is 5.36. The van der Waals surface area contributed by atoms with Crippen molar-refractivity contribution < 1.29 is 17.9 Å². The Bertz CT molecular complexity index is 1110. The first-order valence-corrected chi connectivity index (χ1v) is 11.0. The van der Waals surface area contributed by atoms with Gasteiger partial charge in [-0.3, -0.25) is 5.43 Å². The third kappa shape index (κ3) is 4.36. The van der Waals surface area contributed by atoms with E-state index in [1.165, 1.54) is 23.3 Å². The van der Waals surface area contributed by atoms with Crippen LogP contribution in [0.15, 0.2) is 40.3 Å². The molecule has 0 bridgehead atoms. The summed E-state index contributed by atoms with van der Waals surface area (Å²) in [6, 6.07) is 5.77. The SMILES string of the molecule is Cc1ccc(F)c([C@@H](C)[C@H](NS(=O)(=O)c2ccc(Cl)cc2O)C2=NNN(C)N2)c1C. The lowest BCUT2D eigenvalue weighted by Gasteiger charge is -2.27. The van der Waals surface area contributed by atoms with E-state index in [2.05, 4.69) is 20.8 Å². The highest BCUT2D eigenvalue weighted by molar-refractivity contribution is 7.89. The van der Waals surface area contributed by atoms with E-state index in [-0.39, 0.29) is 15.8 Å². The number of hydrogen-bond donors (Lipinski definition) is 4. The van der Waals surface area contributed by atoms with Crippen LogP contribution in [0.5, 0.6) is 5.75 Å². The Morgan fingerprint density at radius 1 is 1.27 bits per heavy atom. The molecule has 2 aromatic rings. The second-order valence-electron chi connectivity index (χ2n) is 7.17. The molecule has 0 spiro atoms. The minimum absolute atomic E-state index is 0.196. The van der Waals surface area contributed by atoms with Crippen molar-refractivity contribution in [2.24, 2.45) is 5.10 Å². The number of benzene rings is 2. The highest BCUT2D eigenvalue weighted by Gasteiger charge is 2.35. The summed E-state index contributed by atoms with van der Waals surface area (Å²) in [5, 5.41) is 15.8. The number of phenolic OH excluding ortho intramolecular Hbond substituents is 1. The first-order valence-electron chi connectivity index (χ1n) is 9.11. The number of aryl methyl sites for hydroxylation is 1. The van der Waals surface area contributed by atoms with Crippen molar-refractivity contribution in [3.8, 4) is 5.75 Å². The van der Waals surface area contributed by atoms with E-state index in [1.54, 1.807) is 27.0 Å². The van der Waals surface area contributed by atoms with Gasteiger partial charge in [0.05, 0.1) is 6.04 Å². The van der Waals surface area contributed by atoms with E-state index in [0.29, 0.717) is 5.56 Å². The molecule has 30 heavy (non-hydrogen) atoms. The van der Waals surface area contributed by atoms with Crippen LogP contribution in [0.25, 0.3) is 0 Å². The molecule has 0 unspecified atom stereocenters. The lowest BCUT2D eigenvalue weighted by Crippen LogP contribution is -2.51. The van der Waals surface area contributed by atoms with Gasteiger partial charge in [0.2, 0.25) is 10.0 Å². The third-order valence-electron chi connectivity index (χ3n) is 5.08. The topological polar surface area (TPSA) is 106 Å². The first-order chi connectivity index (χ1) is 14.0. The third-order valence-corrected chi connectivity index (χ3v) is 6.80. The van der Waals surface area contributed by atoms with Crippen LogP contribution >= 0.6 is 11.6 Å². The molecule has 11 heteroatoms. The summed E-state index contributed by atoms with van der Waals surface area (Å²) in [5.74, 6) is -1.31. The standard InChI is InChI=1S/C19H23ClFN5O3S/c1-10-5-7-14(21)17(11(10)2)12(3)18(19-22-25-26(4)23-19)24-30(28,29)16-8-6-13(20)9-15(16)27/h5-9,12,18,24-25,27H,1-4H3,(H,22,23)/t12-,18+/m1/s1. The zero-order valence-electron chi connectivity index (χ0n) is 16.9. The Hall–Kier alpha value is -2.40. The Kier molecular flexibility index (Phi) is 6.23. The zero-order chi connectivity index (χ0) is 22.2. The average molecular weight is 456 g/mol. The number of halogens is 2. The van der Waals surface area contributed by atoms with Crippen molar-refractivity contribution in [2.75, 3.05) is 7.05 Å². The van der Waals surface area contributed by atoms with E-state index < -0.39 is 33.5 Å². The van der Waals surface area contributed by atoms with E-state index in [9.17, 15) is 17.9 Å². The maximum Gasteiger partial charge on any atom is 0.244 e. The van der Waals surface area contributed by atoms with Crippen LogP contribution in [0.3, 0.4) is 0 Å². The lowest BCUT2D eigenvalue weighted by atomic mass is 9.87. The molecule has 0 fully saturated rings. The predicted molar refractivity (Wildman–Crippen MR) is 113 cm³/mol. The van der Waals surface area contributed by atoms with Crippen LogP contribution in [0.4, 0.5) is 4.39 Å². The van der Waals surface area contributed by atoms with Crippen LogP contribution in [0, 0.1) is 19.7 Å². The van der Waals surface area contributed by atoms with Gasteiger partial charge in [0.1, 0.15) is 16.5 Å². The fourth-order valence-corrected chi connectivity index (χ4v) is 4.89. The summed E-state index contributed by atoms with van der Waals surface area (Å²) in [5.41, 5.74) is 7.53. The van der Waals surface area contributed by atoms with Crippen LogP contribution in [-0.4, -0.2) is 37.6 Å². The minimum atomic E-state index is -4.20. The van der Waals surface area contributed by atoms with Gasteiger partial charge in [0.15, 0.2) is 5.84 Å². The fraction of sp³-hybridized carbons (Fsp3) is 0.316. The van der Waals surface area contributed by atoms with Gasteiger partial charge in [0, 0.05) is 18.0 Å². The Morgan fingerprint density at radius 3 is 2.57 bits per heavy atom. The predicted octanol–water partition coefficient (Wildman–Crippen LogP) is 2.52. The quantitative estimate of drug-likeness (QED) is 0.533. The number of aromatic hydroxyl groups is 1. The molecule has 1 aliphatic heterocycles. The molecular weight excluding hydrogens is 433 g/mol. The van der Waals surface area contributed by atoms with Crippen LogP contribution in [-0.2, 0) is 10.0 Å². The molecule has 0 amide bonds. The number of phenols is 1. The van der Waals surface area contributed by atoms with Gasteiger partial charge in [-0.2, -0.15) is 4.72 Å². The molecule has 3 rings (SSSR count). The second-order valence-corrected chi connectivity index (χ2v) is 9.29. The van der Waals surface area contributed by atoms with Gasteiger partial charge in [-0.05, 0) is 54.8 Å². The summed E-state index contributed by atoms with van der Waals surface area (Å²) in [4.78, 5) is -0.342. The summed E-state index contributed by atoms with van der Waals surface area (Å²) in [7, 11) is -2.55. The molecule has 1 aliphatic rings. The van der Waals surface area contributed by atoms with Gasteiger partial charge in [0.25, 0.3) is 0 Å². The van der Waals surface area contributed by atoms with Gasteiger partial charge in [-0.15, -0.1) is 10.2 Å². The second kappa shape index (κ2) is 8.38. The molecular formula is C19H23ClFN5O3S. The highest BCUT2D eigenvalue weighted by Crippen LogP contribution is 2.31. The number of rotatable bonds is 6. The summed E-state index contributed by atoms with van der Waals surface area (Å²) in [6.07, 6.45) is 0. The lowest BCUT2D eigenvalue weighted by molar-refractivity contribution is 0.230. The van der Waals surface area contributed by atoms with Gasteiger partial charge < -0.3 is 5.11 Å². The number of nitrogens with zero attached hydrogens (tertiary/aromatic N) is 2. The van der Waals surface area contributed by atoms with Crippen LogP contribution in [0.2, 0.25) is 5.02 Å². The molecule has 0 aliphatic carbocycles. The monoisotopic (exact) mass is 455 g/mol. The van der Waals surface area contributed by atoms with Crippen molar-refractivity contribution in [1.82, 2.24) is 20.8 Å². The van der Waals surface area contributed by atoms with Crippen LogP contribution in [0.1, 0.15) is 29.5 Å². The molecule has 1 heterocycles. The summed E-state index contributed by atoms with van der Waals surface area (Å²) < 4.78 is 43.4. The summed E-state index contributed by atoms with van der Waals surface area (Å²) >= 11 is 5.81. The highest BCUT2D eigenvalue weighted by atomic mass is 35.5.